The van der Waals surface area contributed by atoms with Crippen molar-refractivity contribution in [2.24, 2.45) is 0 Å². The van der Waals surface area contributed by atoms with Crippen LogP contribution in [0.25, 0.3) is 5.69 Å². The van der Waals surface area contributed by atoms with E-state index < -0.39 is 0 Å². The van der Waals surface area contributed by atoms with Gasteiger partial charge in [0, 0.05) is 5.02 Å². The second-order valence-electron chi connectivity index (χ2n) is 3.01. The normalized spacial score (nSPS) is 9.93. The van der Waals surface area contributed by atoms with Crippen LogP contribution in [0.1, 0.15) is 11.4 Å². The summed E-state index contributed by atoms with van der Waals surface area (Å²) in [6.45, 7) is 1.75. The van der Waals surface area contributed by atoms with Crippen LogP contribution < -0.4 is 0 Å². The van der Waals surface area contributed by atoms with Gasteiger partial charge in [-0.3, -0.25) is 0 Å². The van der Waals surface area contributed by atoms with Crippen LogP contribution in [0.3, 0.4) is 0 Å². The molecular weight excluding hydrogens is 212 g/mol. The van der Waals surface area contributed by atoms with Crippen LogP contribution in [0.5, 0.6) is 0 Å². The number of hydrogen-bond donors (Lipinski definition) is 0. The standard InChI is InChI=1S/C10H7ClN4/c1-7-10(6-12)14-15(13-7)9-4-2-8(11)3-5-9/h2-5H,1H3. The molecule has 15 heavy (non-hydrogen) atoms. The minimum Gasteiger partial charge on any atom is -0.191 e. The van der Waals surface area contributed by atoms with Crippen LogP contribution in [0.2, 0.25) is 5.02 Å². The fourth-order valence-electron chi connectivity index (χ4n) is 1.17. The Hall–Kier alpha value is -1.86. The summed E-state index contributed by atoms with van der Waals surface area (Å²) in [6, 6.07) is 9.07. The van der Waals surface area contributed by atoms with Crippen LogP contribution in [-0.4, -0.2) is 15.0 Å². The van der Waals surface area contributed by atoms with Crippen molar-refractivity contribution in [1.29, 1.82) is 5.26 Å². The molecule has 0 saturated carbocycles. The molecule has 4 nitrogen and oxygen atoms in total. The highest BCUT2D eigenvalue weighted by Gasteiger charge is 2.06. The second-order valence-corrected chi connectivity index (χ2v) is 3.45. The lowest BCUT2D eigenvalue weighted by Gasteiger charge is -1.97. The monoisotopic (exact) mass is 218 g/mol. The fourth-order valence-corrected chi connectivity index (χ4v) is 1.30. The number of halogens is 1. The van der Waals surface area contributed by atoms with Crippen molar-refractivity contribution >= 4 is 11.6 Å². The van der Waals surface area contributed by atoms with Crippen molar-refractivity contribution < 1.29 is 0 Å². The summed E-state index contributed by atoms with van der Waals surface area (Å²) in [5, 5.41) is 17.5. The molecule has 0 amide bonds. The van der Waals surface area contributed by atoms with Crippen LogP contribution in [0.4, 0.5) is 0 Å². The van der Waals surface area contributed by atoms with Crippen LogP contribution in [0.15, 0.2) is 24.3 Å². The van der Waals surface area contributed by atoms with Crippen molar-refractivity contribution in [3.05, 3.63) is 40.7 Å². The lowest BCUT2D eigenvalue weighted by molar-refractivity contribution is 0.744. The summed E-state index contributed by atoms with van der Waals surface area (Å²) in [5.74, 6) is 0. The van der Waals surface area contributed by atoms with E-state index in [1.807, 2.05) is 6.07 Å². The molecule has 74 valence electrons. The first-order chi connectivity index (χ1) is 7.20. The molecule has 0 atom stereocenters. The van der Waals surface area contributed by atoms with Gasteiger partial charge in [0.2, 0.25) is 0 Å². The Morgan fingerprint density at radius 3 is 2.47 bits per heavy atom. The third kappa shape index (κ3) is 1.83. The molecule has 0 fully saturated rings. The molecule has 0 spiro atoms. The SMILES string of the molecule is Cc1nn(-c2ccc(Cl)cc2)nc1C#N. The molecule has 1 aromatic carbocycles. The fraction of sp³-hybridized carbons (Fsp3) is 0.100. The van der Waals surface area contributed by atoms with E-state index >= 15 is 0 Å². The number of rotatable bonds is 1. The van der Waals surface area contributed by atoms with Crippen LogP contribution in [-0.2, 0) is 0 Å². The van der Waals surface area contributed by atoms with Gasteiger partial charge in [0.15, 0.2) is 5.69 Å². The summed E-state index contributed by atoms with van der Waals surface area (Å²) in [4.78, 5) is 1.42. The Morgan fingerprint density at radius 1 is 1.27 bits per heavy atom. The maximum absolute atomic E-state index is 8.74. The maximum atomic E-state index is 8.74. The van der Waals surface area contributed by atoms with Gasteiger partial charge in [-0.15, -0.1) is 5.10 Å². The molecule has 1 aromatic heterocycles. The first kappa shape index (κ1) is 9.69. The Morgan fingerprint density at radius 2 is 1.93 bits per heavy atom. The Kier molecular flexibility index (Phi) is 2.40. The lowest BCUT2D eigenvalue weighted by atomic mass is 10.3. The molecule has 0 radical (unpaired) electrons. The zero-order valence-electron chi connectivity index (χ0n) is 7.98. The molecule has 5 heteroatoms. The highest BCUT2D eigenvalue weighted by Crippen LogP contribution is 2.12. The first-order valence-corrected chi connectivity index (χ1v) is 4.68. The van der Waals surface area contributed by atoms with Gasteiger partial charge in [-0.05, 0) is 31.2 Å². The summed E-state index contributed by atoms with van der Waals surface area (Å²) in [5.41, 5.74) is 1.74. The number of nitrogens with zero attached hydrogens (tertiary/aromatic N) is 4. The quantitative estimate of drug-likeness (QED) is 0.737. The molecule has 0 saturated heterocycles. The van der Waals surface area contributed by atoms with Gasteiger partial charge >= 0.3 is 0 Å². The van der Waals surface area contributed by atoms with Gasteiger partial charge in [0.05, 0.1) is 11.4 Å². The number of benzene rings is 1. The Labute approximate surface area is 91.7 Å². The average Bonchev–Trinajstić information content (AvgIpc) is 2.61. The van der Waals surface area contributed by atoms with Crippen molar-refractivity contribution in [2.45, 2.75) is 6.92 Å². The third-order valence-electron chi connectivity index (χ3n) is 1.95. The number of aromatic nitrogens is 3. The number of nitriles is 1. The predicted octanol–water partition coefficient (Wildman–Crippen LogP) is 2.10. The maximum Gasteiger partial charge on any atom is 0.186 e. The van der Waals surface area contributed by atoms with Gasteiger partial charge in [-0.25, -0.2) is 0 Å². The van der Waals surface area contributed by atoms with Crippen LogP contribution >= 0.6 is 11.6 Å². The van der Waals surface area contributed by atoms with E-state index in [1.165, 1.54) is 4.80 Å². The second kappa shape index (κ2) is 3.71. The molecule has 1 heterocycles. The molecule has 0 bridgehead atoms. The molecule has 0 unspecified atom stereocenters. The molecule has 2 aromatic rings. The van der Waals surface area contributed by atoms with E-state index in [2.05, 4.69) is 10.2 Å². The van der Waals surface area contributed by atoms with Crippen molar-refractivity contribution in [3.63, 3.8) is 0 Å². The average molecular weight is 219 g/mol. The van der Waals surface area contributed by atoms with Gasteiger partial charge in [-0.1, -0.05) is 11.6 Å². The van der Waals surface area contributed by atoms with E-state index in [0.717, 1.165) is 5.69 Å². The Bertz CT molecular complexity index is 521. The van der Waals surface area contributed by atoms with Gasteiger partial charge in [-0.2, -0.15) is 15.2 Å². The third-order valence-corrected chi connectivity index (χ3v) is 2.20. The van der Waals surface area contributed by atoms with E-state index in [9.17, 15) is 0 Å². The molecule has 0 aliphatic heterocycles. The molecule has 2 rings (SSSR count). The molecule has 0 aliphatic rings. The zero-order chi connectivity index (χ0) is 10.8. The predicted molar refractivity (Wildman–Crippen MR) is 55.8 cm³/mol. The summed E-state index contributed by atoms with van der Waals surface area (Å²) in [6.07, 6.45) is 0. The van der Waals surface area contributed by atoms with Gasteiger partial charge in [0.25, 0.3) is 0 Å². The number of aryl methyl sites for hydroxylation is 1. The number of hydrogen-bond acceptors (Lipinski definition) is 3. The zero-order valence-corrected chi connectivity index (χ0v) is 8.73. The molecule has 0 aliphatic carbocycles. The van der Waals surface area contributed by atoms with Crippen molar-refractivity contribution in [1.82, 2.24) is 15.0 Å². The largest absolute Gasteiger partial charge is 0.191 e. The minimum atomic E-state index is 0.338. The smallest absolute Gasteiger partial charge is 0.186 e. The van der Waals surface area contributed by atoms with Crippen LogP contribution in [0, 0.1) is 18.3 Å². The summed E-state index contributed by atoms with van der Waals surface area (Å²) < 4.78 is 0. The van der Waals surface area contributed by atoms with Crippen molar-refractivity contribution in [3.8, 4) is 11.8 Å². The van der Waals surface area contributed by atoms with E-state index in [0.29, 0.717) is 16.4 Å². The van der Waals surface area contributed by atoms with E-state index in [1.54, 1.807) is 31.2 Å². The van der Waals surface area contributed by atoms with Gasteiger partial charge in [0.1, 0.15) is 6.07 Å². The van der Waals surface area contributed by atoms with Gasteiger partial charge < -0.3 is 0 Å². The minimum absolute atomic E-state index is 0.338. The topological polar surface area (TPSA) is 54.5 Å². The Balaban J connectivity index is 2.46. The highest BCUT2D eigenvalue weighted by atomic mass is 35.5. The van der Waals surface area contributed by atoms with E-state index in [4.69, 9.17) is 16.9 Å². The molecular formula is C10H7ClN4. The summed E-state index contributed by atoms with van der Waals surface area (Å²) in [7, 11) is 0. The highest BCUT2D eigenvalue weighted by molar-refractivity contribution is 6.30. The van der Waals surface area contributed by atoms with Crippen molar-refractivity contribution in [2.75, 3.05) is 0 Å². The van der Waals surface area contributed by atoms with E-state index in [-0.39, 0.29) is 0 Å². The lowest BCUT2D eigenvalue weighted by Crippen LogP contribution is -1.98. The molecule has 0 N–H and O–H groups in total. The summed E-state index contributed by atoms with van der Waals surface area (Å²) >= 11 is 5.76. The first-order valence-electron chi connectivity index (χ1n) is 4.30.